The van der Waals surface area contributed by atoms with Crippen LogP contribution in [0.5, 0.6) is 0 Å². The van der Waals surface area contributed by atoms with Crippen molar-refractivity contribution in [2.45, 2.75) is 44.3 Å². The van der Waals surface area contributed by atoms with Crippen LogP contribution in [0.1, 0.15) is 49.3 Å². The summed E-state index contributed by atoms with van der Waals surface area (Å²) in [6, 6.07) is 8.53. The van der Waals surface area contributed by atoms with Gasteiger partial charge in [0.1, 0.15) is 5.82 Å². The Balaban J connectivity index is 1.30. The number of hydrogen-bond donors (Lipinski definition) is 2. The number of fused-ring (bicyclic) bond motifs is 1. The van der Waals surface area contributed by atoms with Gasteiger partial charge in [0.25, 0.3) is 0 Å². The molecular weight excluding hydrogens is 328 g/mol. The number of amides is 2. The van der Waals surface area contributed by atoms with E-state index in [1.54, 1.807) is 0 Å². The molecule has 1 aliphatic carbocycles. The number of para-hydroxylation sites is 2. The molecule has 26 heavy (non-hydrogen) atoms. The van der Waals surface area contributed by atoms with Crippen LogP contribution in [0.25, 0.3) is 11.0 Å². The lowest BCUT2D eigenvalue weighted by atomic mass is 10.2. The van der Waals surface area contributed by atoms with Crippen molar-refractivity contribution in [1.82, 2.24) is 29.7 Å². The minimum Gasteiger partial charge on any atom is -0.340 e. The summed E-state index contributed by atoms with van der Waals surface area (Å²) in [7, 11) is 0. The summed E-state index contributed by atoms with van der Waals surface area (Å²) < 4.78 is 2.18. The first-order chi connectivity index (χ1) is 12.8. The average molecular weight is 350 g/mol. The lowest BCUT2D eigenvalue weighted by Gasteiger charge is -2.23. The fourth-order valence-electron chi connectivity index (χ4n) is 3.84. The number of nitrogens with zero attached hydrogens (tertiary/aromatic N) is 4. The zero-order valence-electron chi connectivity index (χ0n) is 14.6. The molecule has 0 bridgehead atoms. The molecule has 2 amide bonds. The van der Waals surface area contributed by atoms with Gasteiger partial charge in [-0.15, -0.1) is 0 Å². The quantitative estimate of drug-likeness (QED) is 0.759. The average Bonchev–Trinajstić information content (AvgIpc) is 3.09. The van der Waals surface area contributed by atoms with Crippen molar-refractivity contribution < 1.29 is 4.79 Å². The van der Waals surface area contributed by atoms with Crippen LogP contribution in [0.4, 0.5) is 4.79 Å². The molecular formula is C19H22N6O. The number of rotatable bonds is 4. The molecule has 2 N–H and O–H groups in total. The number of benzene rings is 1. The smallest absolute Gasteiger partial charge is 0.318 e. The minimum atomic E-state index is -0.0310. The van der Waals surface area contributed by atoms with Gasteiger partial charge in [-0.25, -0.2) is 14.8 Å². The van der Waals surface area contributed by atoms with Gasteiger partial charge >= 0.3 is 6.03 Å². The Hall–Kier alpha value is -2.83. The zero-order valence-corrected chi connectivity index (χ0v) is 14.6. The van der Waals surface area contributed by atoms with Crippen LogP contribution in [-0.2, 0) is 6.54 Å². The molecule has 7 heteroatoms. The van der Waals surface area contributed by atoms with Gasteiger partial charge in [0.2, 0.25) is 0 Å². The summed E-state index contributed by atoms with van der Waals surface area (Å²) >= 11 is 0. The van der Waals surface area contributed by atoms with E-state index in [-0.39, 0.29) is 12.1 Å². The highest BCUT2D eigenvalue weighted by atomic mass is 16.2. The van der Waals surface area contributed by atoms with Gasteiger partial charge in [-0.3, -0.25) is 0 Å². The summed E-state index contributed by atoms with van der Waals surface area (Å²) in [5.74, 6) is 0.877. The van der Waals surface area contributed by atoms with Crippen molar-refractivity contribution in [2.75, 3.05) is 6.54 Å². The third kappa shape index (κ3) is 2.73. The summed E-state index contributed by atoms with van der Waals surface area (Å²) in [6.45, 7) is 1.27. The number of carbonyl (C=O) groups is 1. The van der Waals surface area contributed by atoms with Crippen molar-refractivity contribution >= 4 is 17.1 Å². The Morgan fingerprint density at radius 2 is 2.15 bits per heavy atom. The lowest BCUT2D eigenvalue weighted by molar-refractivity contribution is 0.190. The number of imidazole rings is 2. The second-order valence-electron chi connectivity index (χ2n) is 7.17. The van der Waals surface area contributed by atoms with E-state index in [0.717, 1.165) is 41.9 Å². The summed E-state index contributed by atoms with van der Waals surface area (Å²) in [5, 5.41) is 3.07. The van der Waals surface area contributed by atoms with Crippen molar-refractivity contribution in [1.29, 1.82) is 0 Å². The second-order valence-corrected chi connectivity index (χ2v) is 7.17. The molecule has 7 nitrogen and oxygen atoms in total. The van der Waals surface area contributed by atoms with E-state index < -0.39 is 0 Å². The molecule has 1 aliphatic heterocycles. The second kappa shape index (κ2) is 6.16. The molecule has 0 radical (unpaired) electrons. The molecule has 1 saturated heterocycles. The first kappa shape index (κ1) is 15.4. The van der Waals surface area contributed by atoms with Crippen LogP contribution in [0.15, 0.2) is 36.8 Å². The topological polar surface area (TPSA) is 78.8 Å². The normalized spacial score (nSPS) is 20.0. The maximum absolute atomic E-state index is 12.8. The zero-order chi connectivity index (χ0) is 17.5. The number of likely N-dealkylation sites (tertiary alicyclic amines) is 1. The van der Waals surface area contributed by atoms with Crippen molar-refractivity contribution in [3.63, 3.8) is 0 Å². The van der Waals surface area contributed by atoms with Crippen LogP contribution in [0.3, 0.4) is 0 Å². The van der Waals surface area contributed by atoms with E-state index in [2.05, 4.69) is 19.9 Å². The van der Waals surface area contributed by atoms with Gasteiger partial charge in [-0.2, -0.15) is 0 Å². The van der Waals surface area contributed by atoms with Gasteiger partial charge < -0.3 is 19.8 Å². The van der Waals surface area contributed by atoms with Crippen LogP contribution < -0.4 is 5.32 Å². The first-order valence-electron chi connectivity index (χ1n) is 9.29. The predicted octanol–water partition coefficient (Wildman–Crippen LogP) is 3.14. The third-order valence-corrected chi connectivity index (χ3v) is 5.34. The number of hydrogen-bond acceptors (Lipinski definition) is 3. The fraction of sp³-hybridized carbons (Fsp3) is 0.421. The van der Waals surface area contributed by atoms with E-state index in [1.807, 2.05) is 41.7 Å². The van der Waals surface area contributed by atoms with Crippen LogP contribution in [-0.4, -0.2) is 37.0 Å². The SMILES string of the molecule is O=C(NCc1cncn1C1CC1)N1CCCC1c1nc2ccccc2[nH]1. The Labute approximate surface area is 151 Å². The van der Waals surface area contributed by atoms with Gasteiger partial charge in [-0.1, -0.05) is 12.1 Å². The van der Waals surface area contributed by atoms with E-state index in [1.165, 1.54) is 12.8 Å². The molecule has 0 spiro atoms. The van der Waals surface area contributed by atoms with Crippen molar-refractivity contribution in [3.05, 3.63) is 48.3 Å². The van der Waals surface area contributed by atoms with E-state index in [0.29, 0.717) is 12.6 Å². The molecule has 1 aromatic carbocycles. The molecule has 134 valence electrons. The van der Waals surface area contributed by atoms with Gasteiger partial charge in [-0.05, 0) is 37.8 Å². The maximum Gasteiger partial charge on any atom is 0.318 e. The van der Waals surface area contributed by atoms with Crippen molar-refractivity contribution in [2.24, 2.45) is 0 Å². The van der Waals surface area contributed by atoms with E-state index >= 15 is 0 Å². The molecule has 2 aliphatic rings. The highest BCUT2D eigenvalue weighted by Crippen LogP contribution is 2.35. The molecule has 3 aromatic rings. The van der Waals surface area contributed by atoms with Crippen LogP contribution in [0, 0.1) is 0 Å². The Morgan fingerprint density at radius 3 is 3.00 bits per heavy atom. The van der Waals surface area contributed by atoms with Crippen molar-refractivity contribution in [3.8, 4) is 0 Å². The monoisotopic (exact) mass is 350 g/mol. The molecule has 1 atom stereocenters. The third-order valence-electron chi connectivity index (χ3n) is 5.34. The standard InChI is InChI=1S/C19H22N6O/c26-19(21-11-14-10-20-12-25(14)13-7-8-13)24-9-3-6-17(24)18-22-15-4-1-2-5-16(15)23-18/h1-2,4-5,10,12-13,17H,3,6-9,11H2,(H,21,26)(H,22,23). The predicted molar refractivity (Wildman–Crippen MR) is 97.5 cm³/mol. The highest BCUT2D eigenvalue weighted by molar-refractivity contribution is 5.76. The molecule has 2 aromatic heterocycles. The first-order valence-corrected chi connectivity index (χ1v) is 9.29. The number of carbonyl (C=O) groups excluding carboxylic acids is 1. The fourth-order valence-corrected chi connectivity index (χ4v) is 3.84. The highest BCUT2D eigenvalue weighted by Gasteiger charge is 2.32. The van der Waals surface area contributed by atoms with Crippen LogP contribution in [0.2, 0.25) is 0 Å². The Bertz CT molecular complexity index is 907. The number of nitrogens with one attached hydrogen (secondary N) is 2. The summed E-state index contributed by atoms with van der Waals surface area (Å²) in [5.41, 5.74) is 3.03. The van der Waals surface area contributed by atoms with Gasteiger partial charge in [0, 0.05) is 18.8 Å². The number of aromatic amines is 1. The van der Waals surface area contributed by atoms with Gasteiger partial charge in [0.05, 0.1) is 35.6 Å². The molecule has 5 rings (SSSR count). The summed E-state index contributed by atoms with van der Waals surface area (Å²) in [4.78, 5) is 27.0. The summed E-state index contributed by atoms with van der Waals surface area (Å²) in [6.07, 6.45) is 8.06. The van der Waals surface area contributed by atoms with Gasteiger partial charge in [0.15, 0.2) is 0 Å². The number of H-pyrrole nitrogens is 1. The number of urea groups is 1. The Kier molecular flexibility index (Phi) is 3.65. The molecule has 3 heterocycles. The molecule has 2 fully saturated rings. The minimum absolute atomic E-state index is 0.00995. The lowest BCUT2D eigenvalue weighted by Crippen LogP contribution is -2.39. The van der Waals surface area contributed by atoms with E-state index in [4.69, 9.17) is 4.98 Å². The Morgan fingerprint density at radius 1 is 1.27 bits per heavy atom. The maximum atomic E-state index is 12.8. The number of aromatic nitrogens is 4. The largest absolute Gasteiger partial charge is 0.340 e. The van der Waals surface area contributed by atoms with Crippen LogP contribution >= 0.6 is 0 Å². The molecule has 1 saturated carbocycles. The molecule has 1 unspecified atom stereocenters. The van der Waals surface area contributed by atoms with E-state index in [9.17, 15) is 4.79 Å².